The van der Waals surface area contributed by atoms with E-state index in [1.165, 1.54) is 49.7 Å². The van der Waals surface area contributed by atoms with Crippen LogP contribution in [-0.4, -0.2) is 0 Å². The van der Waals surface area contributed by atoms with E-state index in [1.54, 1.807) is 0 Å². The minimum atomic E-state index is -0.393. The molecule has 0 aliphatic heterocycles. The van der Waals surface area contributed by atoms with Crippen molar-refractivity contribution in [3.63, 3.8) is 0 Å². The van der Waals surface area contributed by atoms with Crippen LogP contribution in [0.25, 0.3) is 27.5 Å². The largest absolute Gasteiger partial charge is 0.355 e. The van der Waals surface area contributed by atoms with Gasteiger partial charge in [-0.15, -0.1) is 0 Å². The highest BCUT2D eigenvalue weighted by Gasteiger charge is 2.52. The summed E-state index contributed by atoms with van der Waals surface area (Å²) in [5.74, 6) is 0. The molecule has 0 fully saturated rings. The number of nitrogens with one attached hydrogen (secondary N) is 1. The molecule has 1 atom stereocenters. The minimum absolute atomic E-state index is 0.393. The Kier molecular flexibility index (Phi) is 4.81. The number of anilines is 2. The Bertz CT molecular complexity index is 1780. The summed E-state index contributed by atoms with van der Waals surface area (Å²) >= 11 is 0. The van der Waals surface area contributed by atoms with Crippen molar-refractivity contribution in [2.24, 2.45) is 0 Å². The number of benzene rings is 5. The molecule has 1 spiro atoms. The molecule has 0 saturated carbocycles. The van der Waals surface area contributed by atoms with Gasteiger partial charge in [-0.1, -0.05) is 116 Å². The lowest BCUT2D eigenvalue weighted by Gasteiger charge is -2.31. The molecule has 5 aromatic rings. The van der Waals surface area contributed by atoms with E-state index in [0.717, 1.165) is 16.9 Å². The van der Waals surface area contributed by atoms with Crippen LogP contribution in [0.2, 0.25) is 0 Å². The summed E-state index contributed by atoms with van der Waals surface area (Å²) in [5, 5.41) is 6.20. The van der Waals surface area contributed by atoms with Crippen molar-refractivity contribution >= 4 is 27.7 Å². The molecule has 0 aromatic heterocycles. The second-order valence-electron chi connectivity index (χ2n) is 9.84. The SMILES string of the molecule is C=C1/C(=C\C=C/C)C2(c3ccccc31)c1ccccc1-c1ccc(Nc3cccc4ccccc34)cc12. The van der Waals surface area contributed by atoms with E-state index in [0.29, 0.717) is 0 Å². The predicted octanol–water partition coefficient (Wildman–Crippen LogP) is 9.43. The molecule has 1 heteroatoms. The zero-order valence-electron chi connectivity index (χ0n) is 20.8. The Balaban J connectivity index is 1.50. The first kappa shape index (κ1) is 21.6. The predicted molar refractivity (Wildman–Crippen MR) is 157 cm³/mol. The van der Waals surface area contributed by atoms with Crippen molar-refractivity contribution in [1.29, 1.82) is 0 Å². The first-order valence-corrected chi connectivity index (χ1v) is 12.9. The van der Waals surface area contributed by atoms with Crippen molar-refractivity contribution in [1.82, 2.24) is 0 Å². The minimum Gasteiger partial charge on any atom is -0.355 e. The summed E-state index contributed by atoms with van der Waals surface area (Å²) in [6, 6.07) is 39.5. The fourth-order valence-electron chi connectivity index (χ4n) is 6.44. The van der Waals surface area contributed by atoms with Crippen molar-refractivity contribution in [3.05, 3.63) is 162 Å². The fraction of sp³-hybridized carbons (Fsp3) is 0.0556. The van der Waals surface area contributed by atoms with Gasteiger partial charge >= 0.3 is 0 Å². The summed E-state index contributed by atoms with van der Waals surface area (Å²) in [6.07, 6.45) is 6.50. The second-order valence-corrected chi connectivity index (χ2v) is 9.84. The standard InChI is InChI=1S/C36H27N/c1-3-4-17-31-24(2)27-14-7-9-18-32(27)36(31)33-19-10-8-16-29(33)30-22-21-26(23-34(30)36)37-35-20-11-13-25-12-5-6-15-28(25)35/h3-23,37H,2H2,1H3/b4-3-,31-17+. The molecule has 1 N–H and O–H groups in total. The molecule has 37 heavy (non-hydrogen) atoms. The van der Waals surface area contributed by atoms with Gasteiger partial charge in [0, 0.05) is 16.8 Å². The van der Waals surface area contributed by atoms with Crippen molar-refractivity contribution < 1.29 is 0 Å². The summed E-state index contributed by atoms with van der Waals surface area (Å²) in [4.78, 5) is 0. The zero-order chi connectivity index (χ0) is 25.0. The molecule has 7 rings (SSSR count). The molecule has 2 aliphatic carbocycles. The Morgan fingerprint density at radius 2 is 1.35 bits per heavy atom. The molecule has 0 saturated heterocycles. The van der Waals surface area contributed by atoms with Crippen LogP contribution in [0.5, 0.6) is 0 Å². The van der Waals surface area contributed by atoms with Crippen molar-refractivity contribution in [3.8, 4) is 11.1 Å². The van der Waals surface area contributed by atoms with E-state index >= 15 is 0 Å². The van der Waals surface area contributed by atoms with Gasteiger partial charge in [-0.2, -0.15) is 0 Å². The van der Waals surface area contributed by atoms with E-state index in [2.05, 4.69) is 146 Å². The molecular formula is C36H27N. The van der Waals surface area contributed by atoms with Gasteiger partial charge in [0.25, 0.3) is 0 Å². The van der Waals surface area contributed by atoms with E-state index in [9.17, 15) is 0 Å². The molecule has 0 radical (unpaired) electrons. The van der Waals surface area contributed by atoms with Gasteiger partial charge in [0.05, 0.1) is 5.41 Å². The average molecular weight is 474 g/mol. The van der Waals surface area contributed by atoms with Crippen LogP contribution in [0.4, 0.5) is 11.4 Å². The lowest BCUT2D eigenvalue weighted by atomic mass is 9.70. The summed E-state index contributed by atoms with van der Waals surface area (Å²) in [5.41, 5.74) is 11.9. The third-order valence-corrected chi connectivity index (χ3v) is 7.95. The van der Waals surface area contributed by atoms with Gasteiger partial charge in [-0.05, 0) is 75.0 Å². The van der Waals surface area contributed by atoms with Gasteiger partial charge in [0.15, 0.2) is 0 Å². The molecule has 5 aromatic carbocycles. The van der Waals surface area contributed by atoms with Crippen molar-refractivity contribution in [2.45, 2.75) is 12.3 Å². The Labute approximate surface area is 218 Å². The molecular weight excluding hydrogens is 446 g/mol. The van der Waals surface area contributed by atoms with Crippen molar-refractivity contribution in [2.75, 3.05) is 5.32 Å². The van der Waals surface area contributed by atoms with Gasteiger partial charge in [0.2, 0.25) is 0 Å². The number of hydrogen-bond acceptors (Lipinski definition) is 1. The van der Waals surface area contributed by atoms with E-state index < -0.39 is 5.41 Å². The maximum absolute atomic E-state index is 4.60. The van der Waals surface area contributed by atoms with Crippen LogP contribution in [0.1, 0.15) is 29.2 Å². The Hall–Kier alpha value is -4.62. The summed E-state index contributed by atoms with van der Waals surface area (Å²) in [7, 11) is 0. The molecule has 0 heterocycles. The van der Waals surface area contributed by atoms with E-state index in [-0.39, 0.29) is 0 Å². The second kappa shape index (κ2) is 8.21. The van der Waals surface area contributed by atoms with Crippen LogP contribution >= 0.6 is 0 Å². The normalized spacial score (nSPS) is 18.5. The Morgan fingerprint density at radius 1 is 0.676 bits per heavy atom. The zero-order valence-corrected chi connectivity index (χ0v) is 20.8. The third kappa shape index (κ3) is 2.98. The first-order valence-electron chi connectivity index (χ1n) is 12.9. The maximum atomic E-state index is 4.60. The maximum Gasteiger partial charge on any atom is 0.0726 e. The molecule has 0 bridgehead atoms. The summed E-state index contributed by atoms with van der Waals surface area (Å²) in [6.45, 7) is 6.67. The third-order valence-electron chi connectivity index (χ3n) is 7.95. The molecule has 2 aliphatic rings. The van der Waals surface area contributed by atoms with E-state index in [4.69, 9.17) is 0 Å². The average Bonchev–Trinajstić information content (AvgIpc) is 3.37. The van der Waals surface area contributed by atoms with Crippen LogP contribution in [0, 0.1) is 0 Å². The molecule has 1 unspecified atom stereocenters. The molecule has 176 valence electrons. The number of rotatable bonds is 3. The lowest BCUT2D eigenvalue weighted by Crippen LogP contribution is -2.26. The monoisotopic (exact) mass is 473 g/mol. The first-order chi connectivity index (χ1) is 18.2. The van der Waals surface area contributed by atoms with Gasteiger partial charge in [-0.25, -0.2) is 0 Å². The lowest BCUT2D eigenvalue weighted by molar-refractivity contribution is 0.795. The van der Waals surface area contributed by atoms with Crippen LogP contribution in [0.15, 0.2) is 140 Å². The quantitative estimate of drug-likeness (QED) is 0.275. The van der Waals surface area contributed by atoms with Gasteiger partial charge < -0.3 is 5.32 Å². The van der Waals surface area contributed by atoms with Crippen LogP contribution in [0.3, 0.4) is 0 Å². The van der Waals surface area contributed by atoms with Crippen LogP contribution < -0.4 is 5.32 Å². The fourth-order valence-corrected chi connectivity index (χ4v) is 6.44. The highest BCUT2D eigenvalue weighted by molar-refractivity contribution is 6.00. The molecule has 0 amide bonds. The number of fused-ring (bicyclic) bond motifs is 8. The Morgan fingerprint density at radius 3 is 2.19 bits per heavy atom. The number of allylic oxidation sites excluding steroid dienone is 5. The van der Waals surface area contributed by atoms with Crippen LogP contribution in [-0.2, 0) is 5.41 Å². The highest BCUT2D eigenvalue weighted by Crippen LogP contribution is 2.63. The van der Waals surface area contributed by atoms with Gasteiger partial charge in [-0.3, -0.25) is 0 Å². The summed E-state index contributed by atoms with van der Waals surface area (Å²) < 4.78 is 0. The highest BCUT2D eigenvalue weighted by atomic mass is 14.9. The topological polar surface area (TPSA) is 12.0 Å². The van der Waals surface area contributed by atoms with E-state index in [1.807, 2.05) is 0 Å². The molecule has 1 nitrogen and oxygen atoms in total. The smallest absolute Gasteiger partial charge is 0.0726 e. The number of hydrogen-bond donors (Lipinski definition) is 1. The van der Waals surface area contributed by atoms with Gasteiger partial charge in [0.1, 0.15) is 0 Å².